The summed E-state index contributed by atoms with van der Waals surface area (Å²) in [5, 5.41) is 2.78. The lowest BCUT2D eigenvalue weighted by molar-refractivity contribution is 0.511. The third kappa shape index (κ3) is 2.56. The van der Waals surface area contributed by atoms with Gasteiger partial charge in [0.15, 0.2) is 11.6 Å². The molecule has 0 radical (unpaired) electrons. The SMILES string of the molecule is Cc1ccc(CNc2c(N)ccc(F)c2F)cn1. The highest BCUT2D eigenvalue weighted by Crippen LogP contribution is 2.24. The number of hydrogen-bond donors (Lipinski definition) is 2. The van der Waals surface area contributed by atoms with Gasteiger partial charge in [-0.25, -0.2) is 8.78 Å². The molecule has 0 spiro atoms. The van der Waals surface area contributed by atoms with E-state index < -0.39 is 11.6 Å². The van der Waals surface area contributed by atoms with E-state index >= 15 is 0 Å². The van der Waals surface area contributed by atoms with Crippen LogP contribution in [0.2, 0.25) is 0 Å². The highest BCUT2D eigenvalue weighted by Gasteiger charge is 2.11. The number of benzene rings is 1. The Morgan fingerprint density at radius 2 is 2.00 bits per heavy atom. The second-order valence-electron chi connectivity index (χ2n) is 3.99. The van der Waals surface area contributed by atoms with Crippen molar-refractivity contribution in [2.24, 2.45) is 0 Å². The highest BCUT2D eigenvalue weighted by molar-refractivity contribution is 5.66. The van der Waals surface area contributed by atoms with Crippen molar-refractivity contribution in [1.82, 2.24) is 4.98 Å². The summed E-state index contributed by atoms with van der Waals surface area (Å²) in [5.41, 5.74) is 7.51. The van der Waals surface area contributed by atoms with Crippen molar-refractivity contribution in [1.29, 1.82) is 0 Å². The molecule has 94 valence electrons. The van der Waals surface area contributed by atoms with Crippen LogP contribution >= 0.6 is 0 Å². The molecular weight excluding hydrogens is 236 g/mol. The predicted molar refractivity (Wildman–Crippen MR) is 67.1 cm³/mol. The van der Waals surface area contributed by atoms with Crippen LogP contribution in [0.1, 0.15) is 11.3 Å². The molecule has 3 nitrogen and oxygen atoms in total. The minimum absolute atomic E-state index is 0.0180. The van der Waals surface area contributed by atoms with Crippen molar-refractivity contribution >= 4 is 11.4 Å². The third-order valence-electron chi connectivity index (χ3n) is 2.57. The maximum atomic E-state index is 13.5. The van der Waals surface area contributed by atoms with Gasteiger partial charge >= 0.3 is 0 Å². The highest BCUT2D eigenvalue weighted by atomic mass is 19.2. The van der Waals surface area contributed by atoms with E-state index in [1.807, 2.05) is 19.1 Å². The summed E-state index contributed by atoms with van der Waals surface area (Å²) < 4.78 is 26.6. The lowest BCUT2D eigenvalue weighted by Crippen LogP contribution is -2.06. The van der Waals surface area contributed by atoms with Crippen LogP contribution in [0, 0.1) is 18.6 Å². The molecule has 1 aromatic carbocycles. The van der Waals surface area contributed by atoms with E-state index in [4.69, 9.17) is 5.73 Å². The first kappa shape index (κ1) is 12.3. The normalized spacial score (nSPS) is 10.4. The van der Waals surface area contributed by atoms with E-state index in [0.29, 0.717) is 6.54 Å². The summed E-state index contributed by atoms with van der Waals surface area (Å²) in [7, 11) is 0. The Labute approximate surface area is 104 Å². The summed E-state index contributed by atoms with van der Waals surface area (Å²) in [6, 6.07) is 6.04. The number of rotatable bonds is 3. The topological polar surface area (TPSA) is 50.9 Å². The number of halogens is 2. The number of hydrogen-bond acceptors (Lipinski definition) is 3. The first-order chi connectivity index (χ1) is 8.58. The maximum Gasteiger partial charge on any atom is 0.183 e. The molecule has 2 rings (SSSR count). The van der Waals surface area contributed by atoms with Gasteiger partial charge in [0, 0.05) is 18.4 Å². The molecule has 3 N–H and O–H groups in total. The van der Waals surface area contributed by atoms with Gasteiger partial charge in [-0.1, -0.05) is 6.07 Å². The molecule has 0 unspecified atom stereocenters. The van der Waals surface area contributed by atoms with Gasteiger partial charge in [-0.15, -0.1) is 0 Å². The van der Waals surface area contributed by atoms with Crippen LogP contribution in [-0.2, 0) is 6.54 Å². The van der Waals surface area contributed by atoms with Gasteiger partial charge in [-0.05, 0) is 30.7 Å². The fraction of sp³-hybridized carbons (Fsp3) is 0.154. The second kappa shape index (κ2) is 5.00. The first-order valence-electron chi connectivity index (χ1n) is 5.47. The van der Waals surface area contributed by atoms with Gasteiger partial charge in [0.25, 0.3) is 0 Å². The minimum Gasteiger partial charge on any atom is -0.397 e. The van der Waals surface area contributed by atoms with Gasteiger partial charge in [0.1, 0.15) is 0 Å². The molecule has 0 aliphatic rings. The number of aryl methyl sites for hydroxylation is 1. The molecule has 5 heteroatoms. The van der Waals surface area contributed by atoms with Gasteiger partial charge in [0.2, 0.25) is 0 Å². The number of nitrogens with two attached hydrogens (primary N) is 1. The number of aromatic nitrogens is 1. The van der Waals surface area contributed by atoms with Crippen molar-refractivity contribution < 1.29 is 8.78 Å². The average molecular weight is 249 g/mol. The Bertz CT molecular complexity index is 553. The molecule has 0 atom stereocenters. The van der Waals surface area contributed by atoms with Crippen molar-refractivity contribution in [3.05, 3.63) is 53.4 Å². The largest absolute Gasteiger partial charge is 0.397 e. The molecular formula is C13H13F2N3. The Hall–Kier alpha value is -2.17. The van der Waals surface area contributed by atoms with E-state index in [1.54, 1.807) is 6.20 Å². The van der Waals surface area contributed by atoms with Gasteiger partial charge < -0.3 is 11.1 Å². The molecule has 1 heterocycles. The Morgan fingerprint density at radius 3 is 2.67 bits per heavy atom. The van der Waals surface area contributed by atoms with Crippen LogP contribution in [-0.4, -0.2) is 4.98 Å². The molecule has 0 aliphatic heterocycles. The maximum absolute atomic E-state index is 13.5. The molecule has 0 saturated carbocycles. The van der Waals surface area contributed by atoms with Crippen LogP contribution in [0.3, 0.4) is 0 Å². The summed E-state index contributed by atoms with van der Waals surface area (Å²) in [4.78, 5) is 4.11. The molecule has 0 fully saturated rings. The zero-order valence-corrected chi connectivity index (χ0v) is 9.87. The average Bonchev–Trinajstić information content (AvgIpc) is 2.36. The van der Waals surface area contributed by atoms with Crippen LogP contribution in [0.5, 0.6) is 0 Å². The lowest BCUT2D eigenvalue weighted by Gasteiger charge is -2.10. The molecule has 1 aromatic heterocycles. The predicted octanol–water partition coefficient (Wildman–Crippen LogP) is 2.86. The number of anilines is 2. The number of nitrogen functional groups attached to an aromatic ring is 1. The fourth-order valence-electron chi connectivity index (χ4n) is 1.54. The van der Waals surface area contributed by atoms with Crippen LogP contribution < -0.4 is 11.1 Å². The Morgan fingerprint density at radius 1 is 1.22 bits per heavy atom. The van der Waals surface area contributed by atoms with Crippen molar-refractivity contribution in [2.45, 2.75) is 13.5 Å². The lowest BCUT2D eigenvalue weighted by atomic mass is 10.2. The second-order valence-corrected chi connectivity index (χ2v) is 3.99. The summed E-state index contributed by atoms with van der Waals surface area (Å²) in [6.07, 6.45) is 1.68. The van der Waals surface area contributed by atoms with Crippen LogP contribution in [0.25, 0.3) is 0 Å². The van der Waals surface area contributed by atoms with E-state index in [1.165, 1.54) is 6.07 Å². The number of pyridine rings is 1. The van der Waals surface area contributed by atoms with Crippen molar-refractivity contribution in [3.63, 3.8) is 0 Å². The van der Waals surface area contributed by atoms with E-state index in [2.05, 4.69) is 10.3 Å². The smallest absolute Gasteiger partial charge is 0.183 e. The van der Waals surface area contributed by atoms with Gasteiger partial charge in [0.05, 0.1) is 11.4 Å². The molecule has 18 heavy (non-hydrogen) atoms. The monoisotopic (exact) mass is 249 g/mol. The zero-order chi connectivity index (χ0) is 13.1. The number of nitrogens with zero attached hydrogens (tertiary/aromatic N) is 1. The summed E-state index contributed by atoms with van der Waals surface area (Å²) >= 11 is 0. The molecule has 0 saturated heterocycles. The quantitative estimate of drug-likeness (QED) is 0.822. The van der Waals surface area contributed by atoms with Crippen LogP contribution in [0.15, 0.2) is 30.5 Å². The molecule has 0 amide bonds. The van der Waals surface area contributed by atoms with E-state index in [9.17, 15) is 8.78 Å². The number of nitrogens with one attached hydrogen (secondary N) is 1. The van der Waals surface area contributed by atoms with Crippen molar-refractivity contribution in [3.8, 4) is 0 Å². The summed E-state index contributed by atoms with van der Waals surface area (Å²) in [5.74, 6) is -1.89. The molecule has 0 bridgehead atoms. The van der Waals surface area contributed by atoms with E-state index in [-0.39, 0.29) is 11.4 Å². The first-order valence-corrected chi connectivity index (χ1v) is 5.47. The Balaban J connectivity index is 2.15. The third-order valence-corrected chi connectivity index (χ3v) is 2.57. The minimum atomic E-state index is -0.963. The summed E-state index contributed by atoms with van der Waals surface area (Å²) in [6.45, 7) is 2.21. The van der Waals surface area contributed by atoms with Gasteiger partial charge in [-0.3, -0.25) is 4.98 Å². The zero-order valence-electron chi connectivity index (χ0n) is 9.87. The molecule has 0 aliphatic carbocycles. The van der Waals surface area contributed by atoms with Gasteiger partial charge in [-0.2, -0.15) is 0 Å². The molecule has 2 aromatic rings. The standard InChI is InChI=1S/C13H13F2N3/c1-8-2-3-9(6-17-8)7-18-13-11(16)5-4-10(14)12(13)15/h2-6,18H,7,16H2,1H3. The van der Waals surface area contributed by atoms with Crippen LogP contribution in [0.4, 0.5) is 20.2 Å². The fourth-order valence-corrected chi connectivity index (χ4v) is 1.54. The Kier molecular flexibility index (Phi) is 3.41. The van der Waals surface area contributed by atoms with E-state index in [0.717, 1.165) is 17.3 Å². The van der Waals surface area contributed by atoms with Crippen molar-refractivity contribution in [2.75, 3.05) is 11.1 Å².